The maximum Gasteiger partial charge on any atom is 0.273 e. The largest absolute Gasteiger partial charge is 0.494 e. The van der Waals surface area contributed by atoms with Crippen LogP contribution in [-0.4, -0.2) is 50.9 Å². The number of anilines is 1. The lowest BCUT2D eigenvalue weighted by atomic mass is 9.75. The van der Waals surface area contributed by atoms with Crippen molar-refractivity contribution in [1.29, 1.82) is 0 Å². The second kappa shape index (κ2) is 8.07. The van der Waals surface area contributed by atoms with Gasteiger partial charge >= 0.3 is 0 Å². The van der Waals surface area contributed by atoms with Crippen LogP contribution in [0.5, 0.6) is 5.75 Å². The van der Waals surface area contributed by atoms with Gasteiger partial charge in [0.1, 0.15) is 17.1 Å². The van der Waals surface area contributed by atoms with Crippen molar-refractivity contribution in [3.8, 4) is 11.4 Å². The molecule has 0 aliphatic carbocycles. The first-order valence-electron chi connectivity index (χ1n) is 13.5. The number of nitro groups is 1. The van der Waals surface area contributed by atoms with Crippen molar-refractivity contribution < 1.29 is 19.2 Å². The number of non-ortho nitro benzene ring substituents is 1. The quantitative estimate of drug-likeness (QED) is 0.217. The number of methoxy groups -OCH3 is 1. The zero-order chi connectivity index (χ0) is 28.2. The molecule has 1 spiro atoms. The molecule has 0 radical (unpaired) electrons. The van der Waals surface area contributed by atoms with Gasteiger partial charge in [-0.2, -0.15) is 0 Å². The van der Waals surface area contributed by atoms with Crippen LogP contribution in [0.3, 0.4) is 0 Å². The van der Waals surface area contributed by atoms with E-state index in [-0.39, 0.29) is 34.6 Å². The lowest BCUT2D eigenvalue weighted by Crippen LogP contribution is -2.51. The molecular formula is C30H23N5O6. The first kappa shape index (κ1) is 23.9. The summed E-state index contributed by atoms with van der Waals surface area (Å²) >= 11 is 0. The molecule has 4 aliphatic rings. The Bertz CT molecular complexity index is 1920. The number of fused-ring (bicyclic) bond motifs is 11. The van der Waals surface area contributed by atoms with E-state index in [0.29, 0.717) is 35.4 Å². The normalized spacial score (nSPS) is 26.0. The van der Waals surface area contributed by atoms with Gasteiger partial charge in [-0.25, -0.2) is 9.88 Å². The molecule has 41 heavy (non-hydrogen) atoms. The van der Waals surface area contributed by atoms with E-state index in [4.69, 9.17) is 9.72 Å². The highest BCUT2D eigenvalue weighted by Gasteiger charge is 2.74. The molecule has 4 aromatic rings. The predicted octanol–water partition coefficient (Wildman–Crippen LogP) is 3.14. The van der Waals surface area contributed by atoms with Gasteiger partial charge in [-0.05, 0) is 43.7 Å². The Balaban J connectivity index is 1.40. The number of hydrogen-bond acceptors (Lipinski definition) is 8. The van der Waals surface area contributed by atoms with Gasteiger partial charge in [-0.3, -0.25) is 34.0 Å². The highest BCUT2D eigenvalue weighted by molar-refractivity contribution is 6.24. The lowest BCUT2D eigenvalue weighted by Gasteiger charge is -2.38. The molecule has 11 heteroatoms. The SMILES string of the molecule is COc1cc([N+](=O)[O-])ccc1N1C(=O)[C@H]2[C@@H](C1=O)[C@]1(c3ccccc3-n3c1nc1ccccc1c3=O)N1CCC[C@@H]21. The second-order valence-corrected chi connectivity index (χ2v) is 10.9. The Morgan fingerprint density at radius 2 is 1.78 bits per heavy atom. The fourth-order valence-corrected chi connectivity index (χ4v) is 7.82. The number of para-hydroxylation sites is 2. The third kappa shape index (κ3) is 2.76. The molecule has 3 fully saturated rings. The van der Waals surface area contributed by atoms with Gasteiger partial charge in [0.05, 0.1) is 52.2 Å². The summed E-state index contributed by atoms with van der Waals surface area (Å²) in [4.78, 5) is 62.1. The zero-order valence-electron chi connectivity index (χ0n) is 21.9. The number of amides is 2. The van der Waals surface area contributed by atoms with E-state index in [1.165, 1.54) is 25.3 Å². The van der Waals surface area contributed by atoms with Crippen LogP contribution < -0.4 is 15.2 Å². The molecule has 0 saturated carbocycles. The van der Waals surface area contributed by atoms with Crippen molar-refractivity contribution >= 4 is 34.1 Å². The summed E-state index contributed by atoms with van der Waals surface area (Å²) in [5.41, 5.74) is 0.554. The number of rotatable bonds is 3. The molecule has 204 valence electrons. The number of carbonyl (C=O) groups is 2. The van der Waals surface area contributed by atoms with Crippen LogP contribution in [0, 0.1) is 22.0 Å². The average molecular weight is 550 g/mol. The van der Waals surface area contributed by atoms with Gasteiger partial charge in [0.15, 0.2) is 0 Å². The summed E-state index contributed by atoms with van der Waals surface area (Å²) in [6.07, 6.45) is 1.55. The Morgan fingerprint density at radius 3 is 2.59 bits per heavy atom. The van der Waals surface area contributed by atoms with Crippen LogP contribution in [0.1, 0.15) is 24.2 Å². The van der Waals surface area contributed by atoms with Gasteiger partial charge in [0.2, 0.25) is 11.8 Å². The molecular weight excluding hydrogens is 526 g/mol. The molecule has 8 rings (SSSR count). The summed E-state index contributed by atoms with van der Waals surface area (Å²) in [5, 5.41) is 11.9. The fraction of sp³-hybridized carbons (Fsp3) is 0.267. The number of imide groups is 1. The van der Waals surface area contributed by atoms with E-state index in [0.717, 1.165) is 16.9 Å². The van der Waals surface area contributed by atoms with E-state index in [1.807, 2.05) is 30.3 Å². The maximum absolute atomic E-state index is 14.6. The van der Waals surface area contributed by atoms with Crippen molar-refractivity contribution in [1.82, 2.24) is 14.5 Å². The molecule has 4 atom stereocenters. The van der Waals surface area contributed by atoms with Crippen LogP contribution in [0.4, 0.5) is 11.4 Å². The van der Waals surface area contributed by atoms with E-state index < -0.39 is 28.2 Å². The van der Waals surface area contributed by atoms with Crippen molar-refractivity contribution in [3.63, 3.8) is 0 Å². The molecule has 0 bridgehead atoms. The van der Waals surface area contributed by atoms with Gasteiger partial charge in [0, 0.05) is 17.7 Å². The summed E-state index contributed by atoms with van der Waals surface area (Å²) in [7, 11) is 1.35. The Hall–Kier alpha value is -4.90. The van der Waals surface area contributed by atoms with E-state index >= 15 is 0 Å². The molecule has 0 N–H and O–H groups in total. The summed E-state index contributed by atoms with van der Waals surface area (Å²) in [5.74, 6) is -1.85. The van der Waals surface area contributed by atoms with Gasteiger partial charge in [-0.1, -0.05) is 30.3 Å². The Labute approximate surface area is 232 Å². The maximum atomic E-state index is 14.6. The van der Waals surface area contributed by atoms with E-state index in [9.17, 15) is 24.5 Å². The summed E-state index contributed by atoms with van der Waals surface area (Å²) in [6.45, 7) is 0.649. The lowest BCUT2D eigenvalue weighted by molar-refractivity contribution is -0.384. The van der Waals surface area contributed by atoms with E-state index in [2.05, 4.69) is 4.90 Å². The molecule has 3 saturated heterocycles. The van der Waals surface area contributed by atoms with Gasteiger partial charge < -0.3 is 4.74 Å². The van der Waals surface area contributed by atoms with Gasteiger partial charge in [0.25, 0.3) is 11.2 Å². The topological polar surface area (TPSA) is 128 Å². The Kier molecular flexibility index (Phi) is 4.71. The van der Waals surface area contributed by atoms with Crippen molar-refractivity contribution in [2.24, 2.45) is 11.8 Å². The number of carbonyl (C=O) groups excluding carboxylic acids is 2. The monoisotopic (exact) mass is 549 g/mol. The number of nitro benzene ring substituents is 1. The first-order valence-corrected chi connectivity index (χ1v) is 13.5. The molecule has 5 heterocycles. The average Bonchev–Trinajstić information content (AvgIpc) is 3.70. The molecule has 11 nitrogen and oxygen atoms in total. The molecule has 0 unspecified atom stereocenters. The minimum Gasteiger partial charge on any atom is -0.494 e. The number of benzene rings is 3. The first-order chi connectivity index (χ1) is 19.9. The van der Waals surface area contributed by atoms with Crippen molar-refractivity contribution in [3.05, 3.63) is 98.6 Å². The van der Waals surface area contributed by atoms with Crippen LogP contribution in [0.15, 0.2) is 71.5 Å². The molecule has 1 aromatic heterocycles. The third-order valence-electron chi connectivity index (χ3n) is 9.26. The highest BCUT2D eigenvalue weighted by Crippen LogP contribution is 2.62. The summed E-state index contributed by atoms with van der Waals surface area (Å²) < 4.78 is 7.04. The Morgan fingerprint density at radius 1 is 1.00 bits per heavy atom. The third-order valence-corrected chi connectivity index (χ3v) is 9.26. The number of hydrogen-bond donors (Lipinski definition) is 0. The van der Waals surface area contributed by atoms with Crippen molar-refractivity contribution in [2.75, 3.05) is 18.6 Å². The van der Waals surface area contributed by atoms with Crippen LogP contribution in [0.2, 0.25) is 0 Å². The minimum absolute atomic E-state index is 0.0609. The molecule has 4 aliphatic heterocycles. The minimum atomic E-state index is -1.14. The second-order valence-electron chi connectivity index (χ2n) is 10.9. The number of ether oxygens (including phenoxy) is 1. The van der Waals surface area contributed by atoms with E-state index in [1.54, 1.807) is 22.8 Å². The van der Waals surface area contributed by atoms with Crippen LogP contribution >= 0.6 is 0 Å². The predicted molar refractivity (Wildman–Crippen MR) is 147 cm³/mol. The molecule has 3 aromatic carbocycles. The zero-order valence-corrected chi connectivity index (χ0v) is 21.9. The molecule has 2 amide bonds. The smallest absolute Gasteiger partial charge is 0.273 e. The van der Waals surface area contributed by atoms with Gasteiger partial charge in [-0.15, -0.1) is 0 Å². The fourth-order valence-electron chi connectivity index (χ4n) is 7.82. The van der Waals surface area contributed by atoms with Crippen LogP contribution in [-0.2, 0) is 15.1 Å². The van der Waals surface area contributed by atoms with Crippen molar-refractivity contribution in [2.45, 2.75) is 24.4 Å². The standard InChI is InChI=1S/C30H23N5O6/c1-41-23-15-16(35(39)40)12-13-21(23)33-27(37)24-22-11-6-14-32(22)30(25(24)28(33)38)18-8-3-5-10-20(18)34-26(36)17-7-2-4-9-19(17)31-29(30)34/h2-5,7-10,12-13,15,22,24-25H,6,11,14H2,1H3/t22-,24+,25-,30-/m0/s1. The highest BCUT2D eigenvalue weighted by atomic mass is 16.6. The van der Waals surface area contributed by atoms with Crippen LogP contribution in [0.25, 0.3) is 16.6 Å². The summed E-state index contributed by atoms with van der Waals surface area (Å²) in [6, 6.07) is 18.3. The number of aromatic nitrogens is 2. The number of nitrogens with zero attached hydrogens (tertiary/aromatic N) is 5.